The molecule has 1 amide bonds. The second-order valence-corrected chi connectivity index (χ2v) is 5.18. The molecule has 0 unspecified atom stereocenters. The lowest BCUT2D eigenvalue weighted by Gasteiger charge is -2.24. The first-order chi connectivity index (χ1) is 9.41. The Bertz CT molecular complexity index is 472. The lowest BCUT2D eigenvalue weighted by Crippen LogP contribution is -2.33. The maximum absolute atomic E-state index is 12.3. The number of rotatable bonds is 7. The number of benzene rings is 1. The van der Waals surface area contributed by atoms with E-state index in [2.05, 4.69) is 0 Å². The molecule has 0 saturated heterocycles. The second-order valence-electron chi connectivity index (χ2n) is 5.18. The van der Waals surface area contributed by atoms with Gasteiger partial charge >= 0.3 is 5.97 Å². The van der Waals surface area contributed by atoms with Crippen molar-refractivity contribution < 1.29 is 14.7 Å². The molecular formula is C15H22N2O3. The molecule has 1 aromatic carbocycles. The minimum atomic E-state index is -0.929. The van der Waals surface area contributed by atoms with Crippen LogP contribution in [-0.2, 0) is 9.59 Å². The molecule has 0 aliphatic rings. The molecule has 20 heavy (non-hydrogen) atoms. The monoisotopic (exact) mass is 278 g/mol. The van der Waals surface area contributed by atoms with Crippen LogP contribution in [0.2, 0.25) is 0 Å². The molecule has 0 radical (unpaired) electrons. The van der Waals surface area contributed by atoms with Crippen molar-refractivity contribution in [3.8, 4) is 0 Å². The quantitative estimate of drug-likeness (QED) is 0.751. The van der Waals surface area contributed by atoms with E-state index in [1.165, 1.54) is 4.90 Å². The molecule has 0 aliphatic carbocycles. The summed E-state index contributed by atoms with van der Waals surface area (Å²) >= 11 is 0. The number of carboxylic acid groups (broad SMARTS) is 1. The van der Waals surface area contributed by atoms with Gasteiger partial charge in [0.25, 0.3) is 0 Å². The Morgan fingerprint density at radius 3 is 2.45 bits per heavy atom. The summed E-state index contributed by atoms with van der Waals surface area (Å²) in [6.07, 6.45) is 1.07. The average Bonchev–Trinajstić information content (AvgIpc) is 2.38. The van der Waals surface area contributed by atoms with Gasteiger partial charge < -0.3 is 15.7 Å². The lowest BCUT2D eigenvalue weighted by molar-refractivity contribution is -0.136. The van der Waals surface area contributed by atoms with E-state index in [0.29, 0.717) is 23.7 Å². The summed E-state index contributed by atoms with van der Waals surface area (Å²) in [5.41, 5.74) is 6.95. The third-order valence-electron chi connectivity index (χ3n) is 3.01. The molecule has 1 rings (SSSR count). The first-order valence-electron chi connectivity index (χ1n) is 6.78. The first-order valence-corrected chi connectivity index (χ1v) is 6.78. The Morgan fingerprint density at radius 2 is 1.90 bits per heavy atom. The van der Waals surface area contributed by atoms with E-state index < -0.39 is 5.97 Å². The zero-order valence-corrected chi connectivity index (χ0v) is 12.0. The van der Waals surface area contributed by atoms with Gasteiger partial charge in [0.15, 0.2) is 0 Å². The number of carbonyl (C=O) groups excluding carboxylic acids is 1. The zero-order valence-electron chi connectivity index (χ0n) is 12.0. The SMILES string of the molecule is CC(C)CCC(=O)N(CCC(=O)O)c1ccccc1N. The van der Waals surface area contributed by atoms with Gasteiger partial charge in [0.1, 0.15) is 0 Å². The van der Waals surface area contributed by atoms with Crippen LogP contribution in [0.1, 0.15) is 33.1 Å². The number of anilines is 2. The molecule has 0 heterocycles. The third-order valence-corrected chi connectivity index (χ3v) is 3.01. The third kappa shape index (κ3) is 4.91. The Hall–Kier alpha value is -2.04. The number of nitrogens with zero attached hydrogens (tertiary/aromatic N) is 1. The van der Waals surface area contributed by atoms with Gasteiger partial charge in [-0.05, 0) is 24.5 Å². The van der Waals surface area contributed by atoms with E-state index in [9.17, 15) is 9.59 Å². The van der Waals surface area contributed by atoms with Gasteiger partial charge in [0.2, 0.25) is 5.91 Å². The summed E-state index contributed by atoms with van der Waals surface area (Å²) in [6, 6.07) is 7.02. The van der Waals surface area contributed by atoms with Crippen molar-refractivity contribution in [1.82, 2.24) is 0 Å². The van der Waals surface area contributed by atoms with E-state index >= 15 is 0 Å². The van der Waals surface area contributed by atoms with Crippen molar-refractivity contribution >= 4 is 23.3 Å². The van der Waals surface area contributed by atoms with Crippen LogP contribution in [0.15, 0.2) is 24.3 Å². The Balaban J connectivity index is 2.87. The molecule has 0 saturated carbocycles. The highest BCUT2D eigenvalue weighted by molar-refractivity contribution is 5.96. The second kappa shape index (κ2) is 7.53. The van der Waals surface area contributed by atoms with Gasteiger partial charge in [0, 0.05) is 13.0 Å². The fraction of sp³-hybridized carbons (Fsp3) is 0.467. The molecule has 3 N–H and O–H groups in total. The van der Waals surface area contributed by atoms with Crippen molar-refractivity contribution in [2.75, 3.05) is 17.2 Å². The molecule has 5 heteroatoms. The van der Waals surface area contributed by atoms with Crippen LogP contribution in [0.4, 0.5) is 11.4 Å². The van der Waals surface area contributed by atoms with Gasteiger partial charge in [-0.15, -0.1) is 0 Å². The van der Waals surface area contributed by atoms with Crippen LogP contribution in [0.5, 0.6) is 0 Å². The molecule has 0 spiro atoms. The normalized spacial score (nSPS) is 10.6. The van der Waals surface area contributed by atoms with Crippen LogP contribution in [0.3, 0.4) is 0 Å². The Kier molecular flexibility index (Phi) is 6.03. The van der Waals surface area contributed by atoms with Crippen molar-refractivity contribution in [2.24, 2.45) is 5.92 Å². The molecule has 0 atom stereocenters. The van der Waals surface area contributed by atoms with Crippen LogP contribution >= 0.6 is 0 Å². The van der Waals surface area contributed by atoms with Crippen molar-refractivity contribution in [1.29, 1.82) is 0 Å². The molecule has 0 aromatic heterocycles. The summed E-state index contributed by atoms with van der Waals surface area (Å²) < 4.78 is 0. The molecular weight excluding hydrogens is 256 g/mol. The zero-order chi connectivity index (χ0) is 15.1. The number of carbonyl (C=O) groups is 2. The van der Waals surface area contributed by atoms with Crippen LogP contribution in [0.25, 0.3) is 0 Å². The first kappa shape index (κ1) is 16.0. The summed E-state index contributed by atoms with van der Waals surface area (Å²) in [7, 11) is 0. The van der Waals surface area contributed by atoms with Crippen LogP contribution in [0, 0.1) is 5.92 Å². The fourth-order valence-electron chi connectivity index (χ4n) is 1.87. The fourth-order valence-corrected chi connectivity index (χ4v) is 1.87. The van der Waals surface area contributed by atoms with Crippen LogP contribution < -0.4 is 10.6 Å². The number of aliphatic carboxylic acids is 1. The highest BCUT2D eigenvalue weighted by atomic mass is 16.4. The predicted octanol–water partition coefficient (Wildman–Crippen LogP) is 2.51. The number of hydrogen-bond acceptors (Lipinski definition) is 3. The standard InChI is InChI=1S/C15H22N2O3/c1-11(2)7-8-14(18)17(10-9-15(19)20)13-6-4-3-5-12(13)16/h3-6,11H,7-10,16H2,1-2H3,(H,19,20). The predicted molar refractivity (Wildman–Crippen MR) is 79.5 cm³/mol. The smallest absolute Gasteiger partial charge is 0.305 e. The van der Waals surface area contributed by atoms with Gasteiger partial charge in [-0.25, -0.2) is 0 Å². The van der Waals surface area contributed by atoms with Gasteiger partial charge in [-0.2, -0.15) is 0 Å². The van der Waals surface area contributed by atoms with Gasteiger partial charge in [-0.3, -0.25) is 9.59 Å². The van der Waals surface area contributed by atoms with E-state index in [-0.39, 0.29) is 18.9 Å². The Labute approximate surface area is 119 Å². The number of nitrogens with two attached hydrogens (primary N) is 1. The van der Waals surface area contributed by atoms with E-state index in [0.717, 1.165) is 6.42 Å². The lowest BCUT2D eigenvalue weighted by atomic mass is 10.1. The minimum Gasteiger partial charge on any atom is -0.481 e. The highest BCUT2D eigenvalue weighted by Gasteiger charge is 2.18. The van der Waals surface area contributed by atoms with Crippen molar-refractivity contribution in [2.45, 2.75) is 33.1 Å². The minimum absolute atomic E-state index is 0.0853. The van der Waals surface area contributed by atoms with Crippen molar-refractivity contribution in [3.05, 3.63) is 24.3 Å². The number of carboxylic acids is 1. The number of amides is 1. The largest absolute Gasteiger partial charge is 0.481 e. The summed E-state index contributed by atoms with van der Waals surface area (Å²) in [4.78, 5) is 24.5. The molecule has 0 aliphatic heterocycles. The van der Waals surface area contributed by atoms with Crippen molar-refractivity contribution in [3.63, 3.8) is 0 Å². The highest BCUT2D eigenvalue weighted by Crippen LogP contribution is 2.24. The summed E-state index contributed by atoms with van der Waals surface area (Å²) in [5, 5.41) is 8.81. The van der Waals surface area contributed by atoms with Crippen LogP contribution in [-0.4, -0.2) is 23.5 Å². The number of nitrogen functional groups attached to an aromatic ring is 1. The topological polar surface area (TPSA) is 83.6 Å². The molecule has 1 aromatic rings. The molecule has 0 bridgehead atoms. The molecule has 0 fully saturated rings. The van der Waals surface area contributed by atoms with E-state index in [1.54, 1.807) is 24.3 Å². The van der Waals surface area contributed by atoms with E-state index in [1.807, 2.05) is 13.8 Å². The molecule has 110 valence electrons. The maximum atomic E-state index is 12.3. The summed E-state index contributed by atoms with van der Waals surface area (Å²) in [5.74, 6) is -0.590. The Morgan fingerprint density at radius 1 is 1.25 bits per heavy atom. The number of para-hydroxylation sites is 2. The maximum Gasteiger partial charge on any atom is 0.305 e. The summed E-state index contributed by atoms with van der Waals surface area (Å²) in [6.45, 7) is 4.23. The van der Waals surface area contributed by atoms with E-state index in [4.69, 9.17) is 10.8 Å². The number of hydrogen-bond donors (Lipinski definition) is 2. The molecule has 5 nitrogen and oxygen atoms in total. The van der Waals surface area contributed by atoms with Gasteiger partial charge in [-0.1, -0.05) is 26.0 Å². The van der Waals surface area contributed by atoms with Gasteiger partial charge in [0.05, 0.1) is 17.8 Å². The average molecular weight is 278 g/mol.